The molecular weight excluding hydrogens is 284 g/mol. The van der Waals surface area contributed by atoms with Gasteiger partial charge in [0.25, 0.3) is 0 Å². The molecule has 0 bridgehead atoms. The molecule has 1 aliphatic carbocycles. The van der Waals surface area contributed by atoms with Crippen LogP contribution in [-0.2, 0) is 7.05 Å². The Morgan fingerprint density at radius 1 is 1.52 bits per heavy atom. The lowest BCUT2D eigenvalue weighted by atomic mass is 10.0. The van der Waals surface area contributed by atoms with Gasteiger partial charge in [-0.25, -0.2) is 4.79 Å². The van der Waals surface area contributed by atoms with Crippen LogP contribution in [-0.4, -0.2) is 44.8 Å². The Morgan fingerprint density at radius 3 is 3.14 bits per heavy atom. The number of hydrogen-bond donors (Lipinski definition) is 1. The topological polar surface area (TPSA) is 50.2 Å². The van der Waals surface area contributed by atoms with Gasteiger partial charge in [0, 0.05) is 42.9 Å². The summed E-state index contributed by atoms with van der Waals surface area (Å²) in [5.41, 5.74) is 1.12. The van der Waals surface area contributed by atoms with E-state index in [1.807, 2.05) is 36.1 Å². The molecule has 1 saturated heterocycles. The number of thioether (sulfide) groups is 1. The molecule has 0 spiro atoms. The molecule has 21 heavy (non-hydrogen) atoms. The lowest BCUT2D eigenvalue weighted by Crippen LogP contribution is -2.49. The molecule has 0 aromatic carbocycles. The second kappa shape index (κ2) is 6.56. The number of hydrogen-bond acceptors (Lipinski definition) is 3. The average Bonchev–Trinajstić information content (AvgIpc) is 2.95. The van der Waals surface area contributed by atoms with Gasteiger partial charge in [0.1, 0.15) is 0 Å². The summed E-state index contributed by atoms with van der Waals surface area (Å²) in [6.45, 7) is 0.798. The fraction of sp³-hybridized carbons (Fsp3) is 0.600. The number of carbonyl (C=O) groups is 1. The van der Waals surface area contributed by atoms with Gasteiger partial charge in [-0.1, -0.05) is 12.2 Å². The van der Waals surface area contributed by atoms with Crippen molar-refractivity contribution < 1.29 is 4.79 Å². The van der Waals surface area contributed by atoms with E-state index in [1.54, 1.807) is 4.68 Å². The standard InChI is InChI=1S/C15H22N4OS/c1-18-10-12(9-16-18)14-11-21-8-7-19(14)15(20)17-13-5-3-2-4-6-13/h3,5,9-10,13-14H,2,4,6-8,11H2,1H3,(H,17,20). The molecule has 2 amide bonds. The number of nitrogens with one attached hydrogen (secondary N) is 1. The molecular formula is C15H22N4OS. The number of nitrogens with zero attached hydrogens (tertiary/aromatic N) is 3. The molecule has 1 N–H and O–H groups in total. The Hall–Kier alpha value is -1.43. The predicted molar refractivity (Wildman–Crippen MR) is 85.3 cm³/mol. The second-order valence-electron chi connectivity index (χ2n) is 5.65. The van der Waals surface area contributed by atoms with E-state index in [4.69, 9.17) is 0 Å². The van der Waals surface area contributed by atoms with Crippen LogP contribution < -0.4 is 5.32 Å². The van der Waals surface area contributed by atoms with E-state index < -0.39 is 0 Å². The Morgan fingerprint density at radius 2 is 2.43 bits per heavy atom. The maximum atomic E-state index is 12.6. The monoisotopic (exact) mass is 306 g/mol. The molecule has 6 heteroatoms. The molecule has 0 radical (unpaired) electrons. The zero-order valence-corrected chi connectivity index (χ0v) is 13.2. The Labute approximate surface area is 129 Å². The first-order chi connectivity index (χ1) is 10.2. The maximum Gasteiger partial charge on any atom is 0.318 e. The molecule has 1 fully saturated rings. The van der Waals surface area contributed by atoms with E-state index in [9.17, 15) is 4.79 Å². The summed E-state index contributed by atoms with van der Waals surface area (Å²) in [6.07, 6.45) is 11.5. The molecule has 2 atom stereocenters. The average molecular weight is 306 g/mol. The quantitative estimate of drug-likeness (QED) is 0.853. The molecule has 114 valence electrons. The van der Waals surface area contributed by atoms with Crippen molar-refractivity contribution in [3.8, 4) is 0 Å². The van der Waals surface area contributed by atoms with Crippen LogP contribution in [0.3, 0.4) is 0 Å². The van der Waals surface area contributed by atoms with Crippen LogP contribution in [0.1, 0.15) is 30.9 Å². The van der Waals surface area contributed by atoms with Gasteiger partial charge in [-0.15, -0.1) is 0 Å². The Bertz CT molecular complexity index is 527. The van der Waals surface area contributed by atoms with Crippen molar-refractivity contribution in [1.82, 2.24) is 20.0 Å². The van der Waals surface area contributed by atoms with Crippen molar-refractivity contribution in [1.29, 1.82) is 0 Å². The highest BCUT2D eigenvalue weighted by Crippen LogP contribution is 2.29. The SMILES string of the molecule is Cn1cc(C2CSCCN2C(=O)NC2C=CCCC2)cn1. The van der Waals surface area contributed by atoms with Gasteiger partial charge in [0.2, 0.25) is 0 Å². The number of rotatable bonds is 2. The van der Waals surface area contributed by atoms with E-state index in [1.165, 1.54) is 0 Å². The van der Waals surface area contributed by atoms with Crippen LogP contribution in [0.5, 0.6) is 0 Å². The Kier molecular flexibility index (Phi) is 4.53. The summed E-state index contributed by atoms with van der Waals surface area (Å²) in [4.78, 5) is 14.6. The number of aromatic nitrogens is 2. The van der Waals surface area contributed by atoms with Gasteiger partial charge in [0.15, 0.2) is 0 Å². The highest BCUT2D eigenvalue weighted by atomic mass is 32.2. The summed E-state index contributed by atoms with van der Waals surface area (Å²) >= 11 is 1.90. The molecule has 1 aromatic rings. The van der Waals surface area contributed by atoms with Gasteiger partial charge in [-0.3, -0.25) is 4.68 Å². The van der Waals surface area contributed by atoms with E-state index >= 15 is 0 Å². The number of carbonyl (C=O) groups excluding carboxylic acids is 1. The first kappa shape index (κ1) is 14.5. The third-order valence-corrected chi connectivity index (χ3v) is 5.08. The summed E-state index contributed by atoms with van der Waals surface area (Å²) in [7, 11) is 1.91. The molecule has 5 nitrogen and oxygen atoms in total. The lowest BCUT2D eigenvalue weighted by Gasteiger charge is -2.36. The molecule has 1 aromatic heterocycles. The fourth-order valence-corrected chi connectivity index (χ4v) is 4.00. The molecule has 2 unspecified atom stereocenters. The van der Waals surface area contributed by atoms with Crippen molar-refractivity contribution in [2.75, 3.05) is 18.1 Å². The minimum Gasteiger partial charge on any atom is -0.332 e. The molecule has 2 heterocycles. The highest BCUT2D eigenvalue weighted by molar-refractivity contribution is 7.99. The Balaban J connectivity index is 1.69. The molecule has 0 saturated carbocycles. The number of aryl methyl sites for hydroxylation is 1. The van der Waals surface area contributed by atoms with Crippen LogP contribution >= 0.6 is 11.8 Å². The maximum absolute atomic E-state index is 12.6. The van der Waals surface area contributed by atoms with Crippen molar-refractivity contribution in [2.24, 2.45) is 7.05 Å². The van der Waals surface area contributed by atoms with E-state index in [0.29, 0.717) is 0 Å². The summed E-state index contributed by atoms with van der Waals surface area (Å²) in [5.74, 6) is 1.95. The number of urea groups is 1. The van der Waals surface area contributed by atoms with Crippen molar-refractivity contribution in [3.63, 3.8) is 0 Å². The summed E-state index contributed by atoms with van der Waals surface area (Å²) in [5, 5.41) is 7.40. The van der Waals surface area contributed by atoms with Crippen LogP contribution in [0.25, 0.3) is 0 Å². The minimum absolute atomic E-state index is 0.0562. The summed E-state index contributed by atoms with van der Waals surface area (Å²) in [6, 6.07) is 0.376. The van der Waals surface area contributed by atoms with Crippen LogP contribution in [0.4, 0.5) is 4.79 Å². The first-order valence-electron chi connectivity index (χ1n) is 7.54. The fourth-order valence-electron chi connectivity index (χ4n) is 2.91. The number of allylic oxidation sites excluding steroid dienone is 1. The van der Waals surface area contributed by atoms with Crippen molar-refractivity contribution in [3.05, 3.63) is 30.1 Å². The van der Waals surface area contributed by atoms with Gasteiger partial charge < -0.3 is 10.2 Å². The zero-order chi connectivity index (χ0) is 14.7. The molecule has 1 aliphatic heterocycles. The van der Waals surface area contributed by atoms with Gasteiger partial charge >= 0.3 is 6.03 Å². The molecule has 2 aliphatic rings. The van der Waals surface area contributed by atoms with E-state index in [0.717, 1.165) is 42.9 Å². The van der Waals surface area contributed by atoms with Gasteiger partial charge in [-0.05, 0) is 19.3 Å². The first-order valence-corrected chi connectivity index (χ1v) is 8.69. The number of amides is 2. The second-order valence-corrected chi connectivity index (χ2v) is 6.80. The van der Waals surface area contributed by atoms with Crippen LogP contribution in [0.15, 0.2) is 24.5 Å². The van der Waals surface area contributed by atoms with E-state index in [-0.39, 0.29) is 18.1 Å². The third-order valence-electron chi connectivity index (χ3n) is 4.06. The smallest absolute Gasteiger partial charge is 0.318 e. The predicted octanol–water partition coefficient (Wildman–Crippen LogP) is 2.33. The lowest BCUT2D eigenvalue weighted by molar-refractivity contribution is 0.179. The van der Waals surface area contributed by atoms with Gasteiger partial charge in [0.05, 0.1) is 12.2 Å². The van der Waals surface area contributed by atoms with Crippen LogP contribution in [0.2, 0.25) is 0 Å². The van der Waals surface area contributed by atoms with E-state index in [2.05, 4.69) is 22.6 Å². The zero-order valence-electron chi connectivity index (χ0n) is 12.4. The van der Waals surface area contributed by atoms with Crippen molar-refractivity contribution >= 4 is 17.8 Å². The minimum atomic E-state index is 0.0562. The summed E-state index contributed by atoms with van der Waals surface area (Å²) < 4.78 is 1.80. The van der Waals surface area contributed by atoms with Crippen LogP contribution in [0, 0.1) is 0 Å². The normalized spacial score (nSPS) is 25.9. The van der Waals surface area contributed by atoms with Crippen molar-refractivity contribution in [2.45, 2.75) is 31.3 Å². The third kappa shape index (κ3) is 3.43. The largest absolute Gasteiger partial charge is 0.332 e. The highest BCUT2D eigenvalue weighted by Gasteiger charge is 2.30. The van der Waals surface area contributed by atoms with Gasteiger partial charge in [-0.2, -0.15) is 16.9 Å². The molecule has 3 rings (SSSR count).